The zero-order valence-electron chi connectivity index (χ0n) is 15.2. The summed E-state index contributed by atoms with van der Waals surface area (Å²) in [5.41, 5.74) is 4.90. The quantitative estimate of drug-likeness (QED) is 0.670. The number of amides is 2. The lowest BCUT2D eigenvalue weighted by Gasteiger charge is -2.16. The van der Waals surface area contributed by atoms with Crippen molar-refractivity contribution in [3.8, 4) is 0 Å². The van der Waals surface area contributed by atoms with Gasteiger partial charge < -0.3 is 0 Å². The van der Waals surface area contributed by atoms with Crippen molar-refractivity contribution >= 4 is 46.4 Å². The summed E-state index contributed by atoms with van der Waals surface area (Å²) in [4.78, 5) is 27.9. The van der Waals surface area contributed by atoms with Crippen molar-refractivity contribution in [3.63, 3.8) is 0 Å². The monoisotopic (exact) mass is 385 g/mol. The first-order chi connectivity index (χ1) is 12.3. The third kappa shape index (κ3) is 3.19. The molecule has 5 heteroatoms. The summed E-state index contributed by atoms with van der Waals surface area (Å²) in [7, 11) is 0. The average Bonchev–Trinajstić information content (AvgIpc) is 2.84. The normalized spacial score (nSPS) is 14.6. The highest BCUT2D eigenvalue weighted by atomic mass is 35.5. The number of hydrogen-bond acceptors (Lipinski definition) is 3. The third-order valence-corrected chi connectivity index (χ3v) is 5.90. The predicted octanol–water partition coefficient (Wildman–Crippen LogP) is 5.30. The van der Waals surface area contributed by atoms with Crippen LogP contribution in [0.4, 0.5) is 5.69 Å². The number of imide groups is 1. The minimum absolute atomic E-state index is 0.282. The number of carbonyl (C=O) groups is 2. The molecule has 0 saturated heterocycles. The van der Waals surface area contributed by atoms with Gasteiger partial charge in [0.05, 0.1) is 16.2 Å². The van der Waals surface area contributed by atoms with Gasteiger partial charge in [0, 0.05) is 5.02 Å². The molecule has 0 atom stereocenters. The lowest BCUT2D eigenvalue weighted by Crippen LogP contribution is -2.31. The van der Waals surface area contributed by atoms with E-state index < -0.39 is 0 Å². The van der Waals surface area contributed by atoms with E-state index in [1.54, 1.807) is 12.1 Å². The van der Waals surface area contributed by atoms with E-state index in [1.807, 2.05) is 52.0 Å². The van der Waals surface area contributed by atoms with Crippen LogP contribution in [0.3, 0.4) is 0 Å². The van der Waals surface area contributed by atoms with Crippen LogP contribution in [0.15, 0.2) is 41.3 Å². The molecule has 0 bridgehead atoms. The Morgan fingerprint density at radius 1 is 0.923 bits per heavy atom. The Balaban J connectivity index is 2.12. The first-order valence-corrected chi connectivity index (χ1v) is 9.81. The Bertz CT molecular complexity index is 949. The van der Waals surface area contributed by atoms with Crippen molar-refractivity contribution in [3.05, 3.63) is 68.6 Å². The van der Waals surface area contributed by atoms with Gasteiger partial charge in [-0.05, 0) is 60.9 Å². The smallest absolute Gasteiger partial charge is 0.268 e. The van der Waals surface area contributed by atoms with Crippen molar-refractivity contribution < 1.29 is 9.59 Å². The summed E-state index contributed by atoms with van der Waals surface area (Å²) >= 11 is 7.61. The van der Waals surface area contributed by atoms with Crippen molar-refractivity contribution in [2.75, 3.05) is 10.7 Å². The number of aryl methyl sites for hydroxylation is 3. The van der Waals surface area contributed by atoms with Gasteiger partial charge in [0.2, 0.25) is 0 Å². The molecule has 0 N–H and O–H groups in total. The largest absolute Gasteiger partial charge is 0.272 e. The Labute approximate surface area is 163 Å². The summed E-state index contributed by atoms with van der Waals surface area (Å²) in [5.74, 6) is 0.134. The van der Waals surface area contributed by atoms with E-state index in [1.165, 1.54) is 16.7 Å². The number of thioether (sulfide) groups is 1. The molecule has 2 aromatic rings. The second-order valence-electron chi connectivity index (χ2n) is 6.32. The molecule has 3 nitrogen and oxygen atoms in total. The molecule has 0 radical (unpaired) electrons. The van der Waals surface area contributed by atoms with Crippen LogP contribution in [0.5, 0.6) is 0 Å². The molecule has 1 heterocycles. The highest BCUT2D eigenvalue weighted by Gasteiger charge is 2.40. The van der Waals surface area contributed by atoms with Crippen LogP contribution in [-0.4, -0.2) is 17.6 Å². The number of halogens is 1. The lowest BCUT2D eigenvalue weighted by atomic mass is 10.0. The minimum Gasteiger partial charge on any atom is -0.268 e. The fourth-order valence-electron chi connectivity index (χ4n) is 2.89. The molecule has 2 amide bonds. The molecular weight excluding hydrogens is 366 g/mol. The van der Waals surface area contributed by atoms with Crippen LogP contribution >= 0.6 is 23.4 Å². The van der Waals surface area contributed by atoms with Gasteiger partial charge in [-0.3, -0.25) is 9.59 Å². The summed E-state index contributed by atoms with van der Waals surface area (Å²) in [5, 5.41) is 0.535. The van der Waals surface area contributed by atoms with Crippen LogP contribution in [0, 0.1) is 20.8 Å². The van der Waals surface area contributed by atoms with E-state index >= 15 is 0 Å². The van der Waals surface area contributed by atoms with E-state index in [-0.39, 0.29) is 11.8 Å². The van der Waals surface area contributed by atoms with Gasteiger partial charge in [0.1, 0.15) is 0 Å². The molecule has 1 aliphatic rings. The molecule has 1 aliphatic heterocycles. The fourth-order valence-corrected chi connectivity index (χ4v) is 3.92. The topological polar surface area (TPSA) is 37.4 Å². The van der Waals surface area contributed by atoms with Crippen LogP contribution in [0.2, 0.25) is 5.02 Å². The Morgan fingerprint density at radius 2 is 1.62 bits per heavy atom. The molecule has 0 aromatic heterocycles. The summed E-state index contributed by atoms with van der Waals surface area (Å²) in [6, 6.07) is 11.1. The van der Waals surface area contributed by atoms with E-state index in [9.17, 15) is 9.59 Å². The summed E-state index contributed by atoms with van der Waals surface area (Å²) in [6.45, 7) is 7.89. The molecule has 134 valence electrons. The third-order valence-electron chi connectivity index (χ3n) is 4.54. The van der Waals surface area contributed by atoms with Crippen molar-refractivity contribution in [1.82, 2.24) is 0 Å². The van der Waals surface area contributed by atoms with Crippen LogP contribution < -0.4 is 4.90 Å². The summed E-state index contributed by atoms with van der Waals surface area (Å²) in [6.07, 6.45) is 0. The van der Waals surface area contributed by atoms with E-state index in [2.05, 4.69) is 0 Å². The van der Waals surface area contributed by atoms with Crippen LogP contribution in [-0.2, 0) is 9.59 Å². The number of rotatable bonds is 4. The Hall–Kier alpha value is -2.04. The van der Waals surface area contributed by atoms with Crippen molar-refractivity contribution in [2.45, 2.75) is 27.7 Å². The average molecular weight is 386 g/mol. The van der Waals surface area contributed by atoms with E-state index in [4.69, 9.17) is 11.6 Å². The van der Waals surface area contributed by atoms with Gasteiger partial charge in [-0.25, -0.2) is 4.90 Å². The van der Waals surface area contributed by atoms with E-state index in [0.717, 1.165) is 22.3 Å². The maximum Gasteiger partial charge on any atom is 0.272 e. The minimum atomic E-state index is -0.297. The molecule has 0 fully saturated rings. The first kappa shape index (κ1) is 18.7. The number of carbonyl (C=O) groups excluding carboxylic acids is 2. The Morgan fingerprint density at radius 3 is 2.23 bits per heavy atom. The molecular formula is C21H20ClNO2S. The van der Waals surface area contributed by atoms with Crippen LogP contribution in [0.25, 0.3) is 5.57 Å². The second-order valence-corrected chi connectivity index (χ2v) is 8.00. The maximum atomic E-state index is 13.2. The van der Waals surface area contributed by atoms with Gasteiger partial charge in [-0.1, -0.05) is 42.8 Å². The van der Waals surface area contributed by atoms with Gasteiger partial charge in [0.15, 0.2) is 0 Å². The highest BCUT2D eigenvalue weighted by molar-refractivity contribution is 8.04. The standard InChI is InChI=1S/C21H20ClNO2S/c1-5-26-19-18(15-8-6-12(2)14(4)10-15)20(24)23(21(19)25)16-9-7-13(3)17(22)11-16/h6-11H,5H2,1-4H3. The van der Waals surface area contributed by atoms with Gasteiger partial charge >= 0.3 is 0 Å². The summed E-state index contributed by atoms with van der Waals surface area (Å²) < 4.78 is 0. The maximum absolute atomic E-state index is 13.2. The number of hydrogen-bond donors (Lipinski definition) is 0. The van der Waals surface area contributed by atoms with Gasteiger partial charge in [-0.15, -0.1) is 11.8 Å². The predicted molar refractivity (Wildman–Crippen MR) is 110 cm³/mol. The number of benzene rings is 2. The molecule has 26 heavy (non-hydrogen) atoms. The second kappa shape index (κ2) is 7.29. The van der Waals surface area contributed by atoms with Crippen molar-refractivity contribution in [2.24, 2.45) is 0 Å². The van der Waals surface area contributed by atoms with Crippen molar-refractivity contribution in [1.29, 1.82) is 0 Å². The van der Waals surface area contributed by atoms with E-state index in [0.29, 0.717) is 26.9 Å². The Kier molecular flexibility index (Phi) is 5.26. The number of nitrogens with zero attached hydrogens (tertiary/aromatic N) is 1. The molecule has 0 aliphatic carbocycles. The zero-order chi connectivity index (χ0) is 19.0. The van der Waals surface area contributed by atoms with Gasteiger partial charge in [0.25, 0.3) is 11.8 Å². The van der Waals surface area contributed by atoms with Gasteiger partial charge in [-0.2, -0.15) is 0 Å². The molecule has 0 unspecified atom stereocenters. The highest BCUT2D eigenvalue weighted by Crippen LogP contribution is 2.39. The SMILES string of the molecule is CCSC1=C(c2ccc(C)c(C)c2)C(=O)N(c2ccc(C)c(Cl)c2)C1=O. The molecule has 3 rings (SSSR count). The number of anilines is 1. The lowest BCUT2D eigenvalue weighted by molar-refractivity contribution is -0.119. The zero-order valence-corrected chi connectivity index (χ0v) is 16.8. The fraction of sp³-hybridized carbons (Fsp3) is 0.238. The molecule has 2 aromatic carbocycles. The molecule has 0 saturated carbocycles. The first-order valence-electron chi connectivity index (χ1n) is 8.44. The molecule has 0 spiro atoms. The van der Waals surface area contributed by atoms with Crippen LogP contribution in [0.1, 0.15) is 29.2 Å².